The van der Waals surface area contributed by atoms with Crippen molar-refractivity contribution in [2.75, 3.05) is 31.2 Å². The number of hydrogen-bond acceptors (Lipinski definition) is 4. The maximum absolute atomic E-state index is 12.8. The van der Waals surface area contributed by atoms with Crippen LogP contribution in [0.3, 0.4) is 0 Å². The molecule has 2 N–H and O–H groups in total. The minimum Gasteiger partial charge on any atom is -0.372 e. The summed E-state index contributed by atoms with van der Waals surface area (Å²) in [5.41, 5.74) is -0.646. The maximum Gasteiger partial charge on any atom is 0.416 e. The number of hydrogen-bond donors (Lipinski definition) is 2. The Kier molecular flexibility index (Phi) is 9.23. The van der Waals surface area contributed by atoms with Gasteiger partial charge in [0.1, 0.15) is 6.04 Å². The summed E-state index contributed by atoms with van der Waals surface area (Å²) in [6.07, 6.45) is -4.08. The van der Waals surface area contributed by atoms with Crippen molar-refractivity contribution in [2.45, 2.75) is 39.4 Å². The predicted molar refractivity (Wildman–Crippen MR) is 108 cm³/mol. The minimum absolute atomic E-state index is 0.00307. The van der Waals surface area contributed by atoms with Gasteiger partial charge in [0.25, 0.3) is 0 Å². The van der Waals surface area contributed by atoms with Crippen LogP contribution in [0.5, 0.6) is 0 Å². The summed E-state index contributed by atoms with van der Waals surface area (Å²) in [5.74, 6) is -0.517. The number of carbonyl (C=O) groups excluding carboxylic acids is 1. The van der Waals surface area contributed by atoms with Crippen LogP contribution in [0, 0.1) is 5.92 Å². The molecule has 0 radical (unpaired) electrons. The Hall–Kier alpha value is -1.52. The molecule has 1 aromatic rings. The molecule has 11 heteroatoms. The fraction of sp³-hybridized carbons (Fsp3) is 0.611. The molecule has 0 unspecified atom stereocenters. The lowest BCUT2D eigenvalue weighted by Crippen LogP contribution is -2.44. The first-order valence-corrected chi connectivity index (χ1v) is 11.1. The zero-order valence-corrected chi connectivity index (χ0v) is 18.4. The van der Waals surface area contributed by atoms with Gasteiger partial charge in [0.2, 0.25) is 15.9 Å². The van der Waals surface area contributed by atoms with Gasteiger partial charge in [-0.3, -0.25) is 4.79 Å². The second-order valence-corrected chi connectivity index (χ2v) is 9.70. The molecule has 1 amide bonds. The summed E-state index contributed by atoms with van der Waals surface area (Å²) in [6, 6.07) is 2.18. The van der Waals surface area contributed by atoms with Crippen LogP contribution in [0.1, 0.15) is 32.8 Å². The van der Waals surface area contributed by atoms with Crippen molar-refractivity contribution < 1.29 is 26.4 Å². The first kappa shape index (κ1) is 25.5. The third kappa shape index (κ3) is 7.67. The van der Waals surface area contributed by atoms with Gasteiger partial charge in [0, 0.05) is 20.1 Å². The molecule has 0 bridgehead atoms. The van der Waals surface area contributed by atoms with Crippen molar-refractivity contribution in [3.05, 3.63) is 28.8 Å². The second-order valence-electron chi connectivity index (χ2n) is 6.93. The van der Waals surface area contributed by atoms with E-state index in [9.17, 15) is 26.4 Å². The average molecular weight is 458 g/mol. The fourth-order valence-corrected chi connectivity index (χ4v) is 3.58. The molecule has 0 heterocycles. The monoisotopic (exact) mass is 457 g/mol. The Bertz CT molecular complexity index is 801. The first-order valence-electron chi connectivity index (χ1n) is 9.14. The maximum atomic E-state index is 12.8. The standard InChI is InChI=1S/C18H27ClF3N3O3S/c1-5-29(27,28)25(4)10-6-9-23-17(26)16(12(2)3)24-15-8-7-13(11-14(15)19)18(20,21)22/h7-8,11-12,16,24H,5-6,9-10H2,1-4H3,(H,23,26)/t16-/m0/s1. The highest BCUT2D eigenvalue weighted by atomic mass is 35.5. The highest BCUT2D eigenvalue weighted by Gasteiger charge is 2.31. The van der Waals surface area contributed by atoms with Gasteiger partial charge in [-0.05, 0) is 37.5 Å². The van der Waals surface area contributed by atoms with Crippen LogP contribution in [0.25, 0.3) is 0 Å². The van der Waals surface area contributed by atoms with Gasteiger partial charge in [-0.2, -0.15) is 13.2 Å². The van der Waals surface area contributed by atoms with E-state index < -0.39 is 27.8 Å². The molecule has 0 saturated heterocycles. The molecule has 0 aliphatic rings. The molecule has 0 fully saturated rings. The molecular formula is C18H27ClF3N3O3S. The molecule has 1 atom stereocenters. The highest BCUT2D eigenvalue weighted by Crippen LogP contribution is 2.34. The van der Waals surface area contributed by atoms with Gasteiger partial charge < -0.3 is 10.6 Å². The smallest absolute Gasteiger partial charge is 0.372 e. The van der Waals surface area contributed by atoms with Gasteiger partial charge >= 0.3 is 6.18 Å². The van der Waals surface area contributed by atoms with E-state index in [2.05, 4.69) is 10.6 Å². The van der Waals surface area contributed by atoms with E-state index >= 15 is 0 Å². The fourth-order valence-electron chi connectivity index (χ4n) is 2.49. The Labute approximate surface area is 174 Å². The van der Waals surface area contributed by atoms with Gasteiger partial charge in [-0.15, -0.1) is 0 Å². The van der Waals surface area contributed by atoms with Crippen molar-refractivity contribution in [2.24, 2.45) is 5.92 Å². The van der Waals surface area contributed by atoms with Crippen molar-refractivity contribution in [1.29, 1.82) is 0 Å². The number of sulfonamides is 1. The SMILES string of the molecule is CCS(=O)(=O)N(C)CCCNC(=O)[C@@H](Nc1ccc(C(F)(F)F)cc1Cl)C(C)C. The zero-order valence-electron chi connectivity index (χ0n) is 16.8. The van der Waals surface area contributed by atoms with Gasteiger partial charge in [0.05, 0.1) is 22.0 Å². The Morgan fingerprint density at radius 1 is 1.28 bits per heavy atom. The molecule has 1 rings (SSSR count). The van der Waals surface area contributed by atoms with E-state index in [4.69, 9.17) is 11.6 Å². The summed E-state index contributed by atoms with van der Waals surface area (Å²) in [5, 5.41) is 5.47. The Morgan fingerprint density at radius 3 is 2.38 bits per heavy atom. The third-order valence-electron chi connectivity index (χ3n) is 4.35. The number of benzene rings is 1. The van der Waals surface area contributed by atoms with Crippen LogP contribution in [0.15, 0.2) is 18.2 Å². The predicted octanol–water partition coefficient (Wildman–Crippen LogP) is 3.58. The number of nitrogens with one attached hydrogen (secondary N) is 2. The highest BCUT2D eigenvalue weighted by molar-refractivity contribution is 7.89. The zero-order chi connectivity index (χ0) is 22.4. The molecule has 29 heavy (non-hydrogen) atoms. The van der Waals surface area contributed by atoms with E-state index in [1.165, 1.54) is 17.4 Å². The van der Waals surface area contributed by atoms with Gasteiger partial charge in [0.15, 0.2) is 0 Å². The summed E-state index contributed by atoms with van der Waals surface area (Å²) in [6.45, 7) is 5.65. The molecule has 0 aliphatic heterocycles. The normalized spacial score (nSPS) is 13.6. The molecule has 1 aromatic carbocycles. The van der Waals surface area contributed by atoms with Crippen molar-refractivity contribution >= 4 is 33.2 Å². The van der Waals surface area contributed by atoms with E-state index in [-0.39, 0.29) is 41.4 Å². The number of amides is 1. The average Bonchev–Trinajstić information content (AvgIpc) is 2.62. The number of nitrogens with zero attached hydrogens (tertiary/aromatic N) is 1. The third-order valence-corrected chi connectivity index (χ3v) is 6.52. The quantitative estimate of drug-likeness (QED) is 0.526. The van der Waals surface area contributed by atoms with E-state index in [1.54, 1.807) is 20.8 Å². The van der Waals surface area contributed by atoms with Crippen LogP contribution in [-0.2, 0) is 21.0 Å². The van der Waals surface area contributed by atoms with Gasteiger partial charge in [-0.25, -0.2) is 12.7 Å². The molecule has 0 aromatic heterocycles. The summed E-state index contributed by atoms with van der Waals surface area (Å²) in [7, 11) is -1.80. The summed E-state index contributed by atoms with van der Waals surface area (Å²) >= 11 is 5.95. The lowest BCUT2D eigenvalue weighted by molar-refractivity contribution is -0.137. The molecule has 0 saturated carbocycles. The molecule has 0 aliphatic carbocycles. The summed E-state index contributed by atoms with van der Waals surface area (Å²) in [4.78, 5) is 12.5. The lowest BCUT2D eigenvalue weighted by atomic mass is 10.0. The van der Waals surface area contributed by atoms with E-state index in [0.717, 1.165) is 12.1 Å². The number of halogens is 4. The Balaban J connectivity index is 2.70. The van der Waals surface area contributed by atoms with Gasteiger partial charge in [-0.1, -0.05) is 25.4 Å². The molecule has 166 valence electrons. The second kappa shape index (κ2) is 10.5. The van der Waals surface area contributed by atoms with Crippen LogP contribution in [0.4, 0.5) is 18.9 Å². The lowest BCUT2D eigenvalue weighted by Gasteiger charge is -2.24. The van der Waals surface area contributed by atoms with Crippen LogP contribution in [0.2, 0.25) is 5.02 Å². The van der Waals surface area contributed by atoms with Crippen LogP contribution < -0.4 is 10.6 Å². The molecular weight excluding hydrogens is 431 g/mol. The minimum atomic E-state index is -4.50. The van der Waals surface area contributed by atoms with Crippen LogP contribution in [-0.4, -0.2) is 50.6 Å². The first-order chi connectivity index (χ1) is 13.3. The van der Waals surface area contributed by atoms with E-state index in [0.29, 0.717) is 6.42 Å². The van der Waals surface area contributed by atoms with Crippen molar-refractivity contribution in [3.63, 3.8) is 0 Å². The number of rotatable bonds is 10. The van der Waals surface area contributed by atoms with Crippen molar-refractivity contribution in [1.82, 2.24) is 9.62 Å². The molecule has 6 nitrogen and oxygen atoms in total. The van der Waals surface area contributed by atoms with E-state index in [1.807, 2.05) is 0 Å². The molecule has 0 spiro atoms. The van der Waals surface area contributed by atoms with Crippen LogP contribution >= 0.6 is 11.6 Å². The van der Waals surface area contributed by atoms with Crippen molar-refractivity contribution in [3.8, 4) is 0 Å². The number of alkyl halides is 3. The number of carbonyl (C=O) groups is 1. The number of anilines is 1. The topological polar surface area (TPSA) is 78.5 Å². The largest absolute Gasteiger partial charge is 0.416 e. The summed E-state index contributed by atoms with van der Waals surface area (Å²) < 4.78 is 62.9. The Morgan fingerprint density at radius 2 is 1.90 bits per heavy atom.